The summed E-state index contributed by atoms with van der Waals surface area (Å²) in [6, 6.07) is 0. The number of ether oxygens (including phenoxy) is 1. The molecule has 1 N–H and O–H groups in total. The van der Waals surface area contributed by atoms with Gasteiger partial charge in [-0.2, -0.15) is 11.8 Å². The Morgan fingerprint density at radius 1 is 1.47 bits per heavy atom. The number of rotatable bonds is 4. The van der Waals surface area contributed by atoms with Gasteiger partial charge < -0.3 is 10.1 Å². The maximum atomic E-state index is 11.8. The highest BCUT2D eigenvalue weighted by molar-refractivity contribution is 7.99. The van der Waals surface area contributed by atoms with Crippen LogP contribution in [0.15, 0.2) is 0 Å². The van der Waals surface area contributed by atoms with Crippen LogP contribution >= 0.6 is 11.8 Å². The SMILES string of the molecule is COC(=O)C1(NCC2CC2)CCSCC1. The molecule has 0 unspecified atom stereocenters. The molecule has 1 aliphatic heterocycles. The highest BCUT2D eigenvalue weighted by Gasteiger charge is 2.41. The Balaban J connectivity index is 1.95. The van der Waals surface area contributed by atoms with Crippen LogP contribution in [0.5, 0.6) is 0 Å². The molecule has 0 atom stereocenters. The molecule has 1 aliphatic carbocycles. The van der Waals surface area contributed by atoms with Crippen molar-refractivity contribution >= 4 is 17.7 Å². The van der Waals surface area contributed by atoms with Crippen LogP contribution in [0, 0.1) is 5.92 Å². The highest BCUT2D eigenvalue weighted by Crippen LogP contribution is 2.32. The number of esters is 1. The van der Waals surface area contributed by atoms with Gasteiger partial charge in [-0.1, -0.05) is 0 Å². The first-order valence-corrected chi connectivity index (χ1v) is 6.83. The molecule has 0 bridgehead atoms. The van der Waals surface area contributed by atoms with Crippen molar-refractivity contribution in [3.8, 4) is 0 Å². The van der Waals surface area contributed by atoms with Crippen LogP contribution in [0.4, 0.5) is 0 Å². The molecule has 2 rings (SSSR count). The summed E-state index contributed by atoms with van der Waals surface area (Å²) in [5.41, 5.74) is -0.372. The van der Waals surface area contributed by atoms with Gasteiger partial charge >= 0.3 is 5.97 Å². The lowest BCUT2D eigenvalue weighted by Gasteiger charge is -2.35. The van der Waals surface area contributed by atoms with Crippen LogP contribution in [0.1, 0.15) is 25.7 Å². The van der Waals surface area contributed by atoms with Crippen LogP contribution in [-0.4, -0.2) is 36.7 Å². The van der Waals surface area contributed by atoms with E-state index in [9.17, 15) is 4.79 Å². The fraction of sp³-hybridized carbons (Fsp3) is 0.909. The van der Waals surface area contributed by atoms with Crippen molar-refractivity contribution in [2.45, 2.75) is 31.2 Å². The van der Waals surface area contributed by atoms with Gasteiger partial charge in [0.1, 0.15) is 5.54 Å². The van der Waals surface area contributed by atoms with Gasteiger partial charge in [0.05, 0.1) is 7.11 Å². The summed E-state index contributed by atoms with van der Waals surface area (Å²) in [7, 11) is 1.49. The Bertz CT molecular complexity index is 235. The van der Waals surface area contributed by atoms with E-state index in [1.54, 1.807) is 0 Å². The molecule has 0 aromatic carbocycles. The second-order valence-corrected chi connectivity index (χ2v) is 5.74. The van der Waals surface area contributed by atoms with E-state index in [-0.39, 0.29) is 11.5 Å². The molecule has 2 aliphatic rings. The van der Waals surface area contributed by atoms with E-state index < -0.39 is 0 Å². The minimum Gasteiger partial charge on any atom is -0.468 e. The third kappa shape index (κ3) is 2.67. The fourth-order valence-electron chi connectivity index (χ4n) is 2.03. The van der Waals surface area contributed by atoms with Gasteiger partial charge in [0.2, 0.25) is 0 Å². The van der Waals surface area contributed by atoms with Gasteiger partial charge in [0.25, 0.3) is 0 Å². The molecule has 2 fully saturated rings. The molecule has 86 valence electrons. The number of carbonyl (C=O) groups is 1. The fourth-order valence-corrected chi connectivity index (χ4v) is 3.22. The van der Waals surface area contributed by atoms with E-state index in [0.29, 0.717) is 0 Å². The van der Waals surface area contributed by atoms with Gasteiger partial charge in [-0.3, -0.25) is 4.79 Å². The summed E-state index contributed by atoms with van der Waals surface area (Å²) >= 11 is 1.93. The monoisotopic (exact) mass is 229 g/mol. The number of methoxy groups -OCH3 is 1. The zero-order valence-electron chi connectivity index (χ0n) is 9.25. The van der Waals surface area contributed by atoms with Crippen LogP contribution in [0.2, 0.25) is 0 Å². The summed E-state index contributed by atoms with van der Waals surface area (Å²) in [5, 5.41) is 3.46. The normalized spacial score (nSPS) is 24.9. The molecule has 0 amide bonds. The first-order chi connectivity index (χ1) is 7.27. The van der Waals surface area contributed by atoms with Crippen molar-refractivity contribution in [1.29, 1.82) is 0 Å². The predicted molar refractivity (Wildman–Crippen MR) is 62.0 cm³/mol. The van der Waals surface area contributed by atoms with Crippen molar-refractivity contribution in [3.63, 3.8) is 0 Å². The smallest absolute Gasteiger partial charge is 0.326 e. The van der Waals surface area contributed by atoms with Gasteiger partial charge in [-0.25, -0.2) is 0 Å². The van der Waals surface area contributed by atoms with Gasteiger partial charge in [0.15, 0.2) is 0 Å². The zero-order chi connectivity index (χ0) is 10.7. The topological polar surface area (TPSA) is 38.3 Å². The third-order valence-electron chi connectivity index (χ3n) is 3.35. The summed E-state index contributed by atoms with van der Waals surface area (Å²) in [5.74, 6) is 2.86. The molecule has 0 radical (unpaired) electrons. The van der Waals surface area contributed by atoms with Gasteiger partial charge in [-0.15, -0.1) is 0 Å². The second kappa shape index (κ2) is 4.74. The summed E-state index contributed by atoms with van der Waals surface area (Å²) in [4.78, 5) is 11.8. The minimum atomic E-state index is -0.372. The van der Waals surface area contributed by atoms with Crippen molar-refractivity contribution in [2.24, 2.45) is 5.92 Å². The molecule has 1 saturated carbocycles. The van der Waals surface area contributed by atoms with E-state index in [1.807, 2.05) is 11.8 Å². The molecule has 1 heterocycles. The Morgan fingerprint density at radius 3 is 2.67 bits per heavy atom. The molecular formula is C11H19NO2S. The lowest BCUT2D eigenvalue weighted by Crippen LogP contribution is -2.55. The molecule has 0 aromatic rings. The van der Waals surface area contributed by atoms with Gasteiger partial charge in [-0.05, 0) is 49.7 Å². The average Bonchev–Trinajstić information content (AvgIpc) is 3.10. The molecule has 0 spiro atoms. The van der Waals surface area contributed by atoms with Crippen LogP contribution in [-0.2, 0) is 9.53 Å². The van der Waals surface area contributed by atoms with E-state index in [0.717, 1.165) is 36.8 Å². The Morgan fingerprint density at radius 2 is 2.13 bits per heavy atom. The van der Waals surface area contributed by atoms with Gasteiger partial charge in [0, 0.05) is 0 Å². The maximum absolute atomic E-state index is 11.8. The lowest BCUT2D eigenvalue weighted by molar-refractivity contribution is -0.149. The number of hydrogen-bond acceptors (Lipinski definition) is 4. The number of nitrogens with one attached hydrogen (secondary N) is 1. The Kier molecular flexibility index (Phi) is 3.57. The first kappa shape index (κ1) is 11.3. The van der Waals surface area contributed by atoms with E-state index in [1.165, 1.54) is 20.0 Å². The van der Waals surface area contributed by atoms with Crippen molar-refractivity contribution in [1.82, 2.24) is 5.32 Å². The number of carbonyl (C=O) groups excluding carboxylic acids is 1. The Hall–Kier alpha value is -0.220. The molecular weight excluding hydrogens is 210 g/mol. The minimum absolute atomic E-state index is 0.0662. The summed E-state index contributed by atoms with van der Waals surface area (Å²) < 4.78 is 4.94. The number of thioether (sulfide) groups is 1. The molecule has 4 heteroatoms. The van der Waals surface area contributed by atoms with Crippen LogP contribution < -0.4 is 5.32 Å². The Labute approximate surface area is 95.3 Å². The standard InChI is InChI=1S/C11H19NO2S/c1-14-10(13)11(4-6-15-7-5-11)12-8-9-2-3-9/h9,12H,2-8H2,1H3. The highest BCUT2D eigenvalue weighted by atomic mass is 32.2. The van der Waals surface area contributed by atoms with E-state index in [4.69, 9.17) is 4.74 Å². The second-order valence-electron chi connectivity index (χ2n) is 4.51. The predicted octanol–water partition coefficient (Wildman–Crippen LogP) is 1.42. The lowest BCUT2D eigenvalue weighted by atomic mass is 9.92. The number of hydrogen-bond donors (Lipinski definition) is 1. The van der Waals surface area contributed by atoms with Crippen LogP contribution in [0.3, 0.4) is 0 Å². The van der Waals surface area contributed by atoms with Crippen molar-refractivity contribution < 1.29 is 9.53 Å². The van der Waals surface area contributed by atoms with Crippen LogP contribution in [0.25, 0.3) is 0 Å². The molecule has 1 saturated heterocycles. The average molecular weight is 229 g/mol. The quantitative estimate of drug-likeness (QED) is 0.740. The van der Waals surface area contributed by atoms with Crippen molar-refractivity contribution in [2.75, 3.05) is 25.2 Å². The zero-order valence-corrected chi connectivity index (χ0v) is 10.1. The van der Waals surface area contributed by atoms with Crippen molar-refractivity contribution in [3.05, 3.63) is 0 Å². The molecule has 15 heavy (non-hydrogen) atoms. The first-order valence-electron chi connectivity index (χ1n) is 5.68. The maximum Gasteiger partial charge on any atom is 0.326 e. The van der Waals surface area contributed by atoms with E-state index >= 15 is 0 Å². The summed E-state index contributed by atoms with van der Waals surface area (Å²) in [6.07, 6.45) is 4.46. The largest absolute Gasteiger partial charge is 0.468 e. The summed E-state index contributed by atoms with van der Waals surface area (Å²) in [6.45, 7) is 0.986. The third-order valence-corrected chi connectivity index (χ3v) is 4.33. The molecule has 3 nitrogen and oxygen atoms in total. The molecule has 0 aromatic heterocycles. The van der Waals surface area contributed by atoms with E-state index in [2.05, 4.69) is 5.32 Å².